The second-order valence-corrected chi connectivity index (χ2v) is 7.33. The average molecular weight is 326 g/mol. The zero-order valence-corrected chi connectivity index (χ0v) is 13.8. The molecule has 0 spiro atoms. The summed E-state index contributed by atoms with van der Waals surface area (Å²) in [7, 11) is -3.70. The topological polar surface area (TPSA) is 82.3 Å². The normalized spacial score (nSPS) is 11.6. The highest BCUT2D eigenvalue weighted by Gasteiger charge is 2.16. The van der Waals surface area contributed by atoms with Crippen LogP contribution < -0.4 is 9.88 Å². The van der Waals surface area contributed by atoms with E-state index in [1.165, 1.54) is 4.88 Å². The van der Waals surface area contributed by atoms with Gasteiger partial charge in [-0.2, -0.15) is 0 Å². The third-order valence-corrected chi connectivity index (χ3v) is 5.37. The van der Waals surface area contributed by atoms with Crippen molar-refractivity contribution in [3.63, 3.8) is 0 Å². The van der Waals surface area contributed by atoms with Crippen molar-refractivity contribution in [1.29, 1.82) is 0 Å². The second kappa shape index (κ2) is 6.13. The number of aryl methyl sites for hydroxylation is 3. The average Bonchev–Trinajstić information content (AvgIpc) is 2.72. The van der Waals surface area contributed by atoms with Crippen LogP contribution in [0, 0.1) is 20.8 Å². The first-order valence-corrected chi connectivity index (χ1v) is 8.87. The second-order valence-electron chi connectivity index (χ2n) is 4.89. The van der Waals surface area contributed by atoms with Gasteiger partial charge in [-0.1, -0.05) is 0 Å². The summed E-state index contributed by atoms with van der Waals surface area (Å²) in [4.78, 5) is 5.56. The molecule has 5 nitrogen and oxygen atoms in total. The summed E-state index contributed by atoms with van der Waals surface area (Å²) < 4.78 is 28.8. The molecule has 1 aromatic heterocycles. The molecular formula is C14H18N2O3S2. The minimum atomic E-state index is -3.70. The van der Waals surface area contributed by atoms with Gasteiger partial charge in [-0.25, -0.2) is 18.5 Å². The van der Waals surface area contributed by atoms with Crippen LogP contribution >= 0.6 is 11.3 Å². The minimum Gasteiger partial charge on any atom is -0.493 e. The largest absolute Gasteiger partial charge is 0.493 e. The Labute approximate surface area is 128 Å². The number of primary sulfonamides is 1. The Kier molecular flexibility index (Phi) is 4.65. The maximum atomic E-state index is 11.5. The van der Waals surface area contributed by atoms with Crippen molar-refractivity contribution in [3.8, 4) is 5.75 Å². The van der Waals surface area contributed by atoms with Crippen LogP contribution in [0.2, 0.25) is 0 Å². The third kappa shape index (κ3) is 3.81. The predicted octanol–water partition coefficient (Wildman–Crippen LogP) is 2.34. The summed E-state index contributed by atoms with van der Waals surface area (Å²) in [6.07, 6.45) is 0.783. The van der Waals surface area contributed by atoms with Gasteiger partial charge in [0.1, 0.15) is 5.75 Å². The summed E-state index contributed by atoms with van der Waals surface area (Å²) in [6.45, 7) is 5.93. The van der Waals surface area contributed by atoms with Crippen molar-refractivity contribution in [1.82, 2.24) is 4.98 Å². The molecule has 7 heteroatoms. The number of ether oxygens (including phenoxy) is 1. The molecular weight excluding hydrogens is 308 g/mol. The molecule has 0 atom stereocenters. The van der Waals surface area contributed by atoms with Gasteiger partial charge in [-0.05, 0) is 44.0 Å². The molecule has 0 unspecified atom stereocenters. The molecule has 0 fully saturated rings. The van der Waals surface area contributed by atoms with E-state index in [0.717, 1.165) is 12.1 Å². The first-order chi connectivity index (χ1) is 9.79. The standard InChI is InChI=1S/C14H18N2O3S2/c1-9-6-12(7-10(2)14(9)21(15,17)18)19-5-4-13-11(3)16-8-20-13/h6-8H,4-5H2,1-3H3,(H2,15,17,18). The molecule has 0 aliphatic rings. The van der Waals surface area contributed by atoms with Gasteiger partial charge in [0.2, 0.25) is 10.0 Å². The molecule has 0 saturated heterocycles. The molecule has 0 aliphatic carbocycles. The number of hydrogen-bond donors (Lipinski definition) is 1. The Bertz CT molecular complexity index is 728. The van der Waals surface area contributed by atoms with Crippen LogP contribution in [0.5, 0.6) is 5.75 Å². The van der Waals surface area contributed by atoms with E-state index in [2.05, 4.69) is 4.98 Å². The van der Waals surface area contributed by atoms with Crippen molar-refractivity contribution in [2.24, 2.45) is 5.14 Å². The first-order valence-electron chi connectivity index (χ1n) is 6.45. The first kappa shape index (κ1) is 15.9. The van der Waals surface area contributed by atoms with Crippen LogP contribution in [-0.2, 0) is 16.4 Å². The molecule has 1 heterocycles. The SMILES string of the molecule is Cc1cc(OCCc2scnc2C)cc(C)c1S(N)(=O)=O. The lowest BCUT2D eigenvalue weighted by Gasteiger charge is -2.12. The Hall–Kier alpha value is -1.44. The van der Waals surface area contributed by atoms with Gasteiger partial charge in [0.25, 0.3) is 0 Å². The summed E-state index contributed by atoms with van der Waals surface area (Å²) >= 11 is 1.61. The number of nitrogens with two attached hydrogens (primary N) is 1. The Morgan fingerprint density at radius 2 is 1.86 bits per heavy atom. The van der Waals surface area contributed by atoms with E-state index in [1.54, 1.807) is 37.3 Å². The lowest BCUT2D eigenvalue weighted by molar-refractivity contribution is 0.322. The highest BCUT2D eigenvalue weighted by atomic mass is 32.2. The molecule has 0 amide bonds. The number of benzene rings is 1. The zero-order valence-electron chi connectivity index (χ0n) is 12.2. The Morgan fingerprint density at radius 1 is 1.24 bits per heavy atom. The fourth-order valence-corrected chi connectivity index (χ4v) is 4.05. The van der Waals surface area contributed by atoms with Crippen molar-refractivity contribution in [2.75, 3.05) is 6.61 Å². The fraction of sp³-hybridized carbons (Fsp3) is 0.357. The van der Waals surface area contributed by atoms with Crippen molar-refractivity contribution < 1.29 is 13.2 Å². The maximum absolute atomic E-state index is 11.5. The van der Waals surface area contributed by atoms with Crippen LogP contribution in [0.4, 0.5) is 0 Å². The van der Waals surface area contributed by atoms with Gasteiger partial charge in [-0.15, -0.1) is 11.3 Å². The minimum absolute atomic E-state index is 0.174. The Morgan fingerprint density at radius 3 is 2.33 bits per heavy atom. The van der Waals surface area contributed by atoms with Crippen LogP contribution in [0.1, 0.15) is 21.7 Å². The molecule has 2 N–H and O–H groups in total. The number of aromatic nitrogens is 1. The van der Waals surface area contributed by atoms with Crippen LogP contribution in [0.15, 0.2) is 22.5 Å². The van der Waals surface area contributed by atoms with Gasteiger partial charge < -0.3 is 4.74 Å². The molecule has 1 aromatic carbocycles. The van der Waals surface area contributed by atoms with Crippen molar-refractivity contribution >= 4 is 21.4 Å². The molecule has 2 rings (SSSR count). The van der Waals surface area contributed by atoms with Crippen LogP contribution in [0.3, 0.4) is 0 Å². The summed E-state index contributed by atoms with van der Waals surface area (Å²) in [6, 6.07) is 3.40. The number of hydrogen-bond acceptors (Lipinski definition) is 5. The van der Waals surface area contributed by atoms with E-state index >= 15 is 0 Å². The fourth-order valence-electron chi connectivity index (χ4n) is 2.27. The summed E-state index contributed by atoms with van der Waals surface area (Å²) in [5.41, 5.74) is 4.04. The van der Waals surface area contributed by atoms with E-state index in [1.807, 2.05) is 12.4 Å². The monoisotopic (exact) mass is 326 g/mol. The van der Waals surface area contributed by atoms with Crippen molar-refractivity contribution in [3.05, 3.63) is 39.3 Å². The van der Waals surface area contributed by atoms with Gasteiger partial charge in [0.15, 0.2) is 0 Å². The summed E-state index contributed by atoms with van der Waals surface area (Å²) in [5, 5.41) is 5.22. The van der Waals surface area contributed by atoms with Gasteiger partial charge >= 0.3 is 0 Å². The molecule has 0 bridgehead atoms. The smallest absolute Gasteiger partial charge is 0.238 e. The van der Waals surface area contributed by atoms with Crippen LogP contribution in [0.25, 0.3) is 0 Å². The number of rotatable bonds is 5. The molecule has 21 heavy (non-hydrogen) atoms. The molecule has 2 aromatic rings. The summed E-state index contributed by atoms with van der Waals surface area (Å²) in [5.74, 6) is 0.652. The van der Waals surface area contributed by atoms with E-state index in [9.17, 15) is 8.42 Å². The lowest BCUT2D eigenvalue weighted by atomic mass is 10.1. The molecule has 0 aliphatic heterocycles. The molecule has 0 radical (unpaired) electrons. The van der Waals surface area contributed by atoms with Gasteiger partial charge in [0.05, 0.1) is 22.7 Å². The number of nitrogens with zero attached hydrogens (tertiary/aromatic N) is 1. The third-order valence-electron chi connectivity index (χ3n) is 3.16. The zero-order chi connectivity index (χ0) is 15.6. The van der Waals surface area contributed by atoms with Gasteiger partial charge in [0, 0.05) is 11.3 Å². The van der Waals surface area contributed by atoms with Gasteiger partial charge in [-0.3, -0.25) is 0 Å². The van der Waals surface area contributed by atoms with E-state index in [0.29, 0.717) is 23.5 Å². The maximum Gasteiger partial charge on any atom is 0.238 e. The highest BCUT2D eigenvalue weighted by Crippen LogP contribution is 2.25. The van der Waals surface area contributed by atoms with E-state index < -0.39 is 10.0 Å². The van der Waals surface area contributed by atoms with Crippen LogP contribution in [-0.4, -0.2) is 20.0 Å². The van der Waals surface area contributed by atoms with E-state index in [-0.39, 0.29) is 4.90 Å². The number of thiazole rings is 1. The predicted molar refractivity (Wildman–Crippen MR) is 83.3 cm³/mol. The highest BCUT2D eigenvalue weighted by molar-refractivity contribution is 7.89. The molecule has 114 valence electrons. The van der Waals surface area contributed by atoms with Crippen molar-refractivity contribution in [2.45, 2.75) is 32.1 Å². The Balaban J connectivity index is 2.10. The lowest BCUT2D eigenvalue weighted by Crippen LogP contribution is -2.15. The quantitative estimate of drug-likeness (QED) is 0.914. The van der Waals surface area contributed by atoms with E-state index in [4.69, 9.17) is 9.88 Å². The molecule has 0 saturated carbocycles. The number of sulfonamides is 1.